The van der Waals surface area contributed by atoms with E-state index in [1.54, 1.807) is 30.3 Å². The fraction of sp³-hybridized carbons (Fsp3) is 0. The molecule has 0 aliphatic heterocycles. The lowest BCUT2D eigenvalue weighted by Gasteiger charge is -2.03. The molecule has 0 saturated heterocycles. The molecule has 0 amide bonds. The van der Waals surface area contributed by atoms with Crippen molar-refractivity contribution < 1.29 is 4.79 Å². The maximum absolute atomic E-state index is 12.1. The first kappa shape index (κ1) is 11.1. The first-order valence-corrected chi connectivity index (χ1v) is 5.53. The quantitative estimate of drug-likeness (QED) is 0.730. The van der Waals surface area contributed by atoms with Crippen LogP contribution in [0.1, 0.15) is 15.9 Å². The Morgan fingerprint density at radius 2 is 1.75 bits per heavy atom. The van der Waals surface area contributed by atoms with Gasteiger partial charge in [-0.15, -0.1) is 0 Å². The first-order chi connectivity index (χ1) is 7.68. The van der Waals surface area contributed by atoms with Gasteiger partial charge in [-0.1, -0.05) is 54.6 Å². The fourth-order valence-corrected chi connectivity index (χ4v) is 1.94. The molecule has 0 saturated carbocycles. The average molecular weight is 248 g/mol. The van der Waals surface area contributed by atoms with Gasteiger partial charge in [-0.25, -0.2) is 0 Å². The van der Waals surface area contributed by atoms with Gasteiger partial charge < -0.3 is 0 Å². The number of hydrogen-bond donors (Lipinski definition) is 0. The third-order valence-electron chi connectivity index (χ3n) is 2.22. The maximum Gasteiger partial charge on any atom is 0.194 e. The smallest absolute Gasteiger partial charge is 0.194 e. The SMILES string of the molecule is O=C(c1ccccc1)c1ccc([S])cc1Cl. The van der Waals surface area contributed by atoms with Gasteiger partial charge in [0.25, 0.3) is 0 Å². The second kappa shape index (κ2) is 4.64. The summed E-state index contributed by atoms with van der Waals surface area (Å²) in [4.78, 5) is 12.7. The Hall–Kier alpha value is -1.38. The second-order valence-electron chi connectivity index (χ2n) is 3.34. The minimum absolute atomic E-state index is 0.0828. The summed E-state index contributed by atoms with van der Waals surface area (Å²) in [6, 6.07) is 14.0. The monoisotopic (exact) mass is 247 g/mol. The average Bonchev–Trinajstić information content (AvgIpc) is 2.29. The van der Waals surface area contributed by atoms with Crippen molar-refractivity contribution in [3.8, 4) is 0 Å². The number of rotatable bonds is 2. The molecule has 79 valence electrons. The molecule has 0 fully saturated rings. The van der Waals surface area contributed by atoms with E-state index in [-0.39, 0.29) is 5.78 Å². The zero-order valence-electron chi connectivity index (χ0n) is 8.31. The molecule has 0 bridgehead atoms. The van der Waals surface area contributed by atoms with Gasteiger partial charge in [-0.05, 0) is 18.2 Å². The summed E-state index contributed by atoms with van der Waals surface area (Å²) in [5.74, 6) is -0.0828. The summed E-state index contributed by atoms with van der Waals surface area (Å²) in [6.07, 6.45) is 0. The molecule has 1 radical (unpaired) electrons. The van der Waals surface area contributed by atoms with E-state index in [0.29, 0.717) is 21.0 Å². The van der Waals surface area contributed by atoms with Crippen LogP contribution in [0.2, 0.25) is 5.02 Å². The Labute approximate surface area is 104 Å². The van der Waals surface area contributed by atoms with Crippen LogP contribution in [0.25, 0.3) is 0 Å². The standard InChI is InChI=1S/C13H8ClOS/c14-12-8-10(16)6-7-11(12)13(15)9-4-2-1-3-5-9/h1-8H. The maximum atomic E-state index is 12.1. The molecule has 0 spiro atoms. The number of hydrogen-bond acceptors (Lipinski definition) is 1. The third-order valence-corrected chi connectivity index (χ3v) is 2.79. The van der Waals surface area contributed by atoms with E-state index in [9.17, 15) is 4.79 Å². The van der Waals surface area contributed by atoms with Gasteiger partial charge in [0, 0.05) is 16.0 Å². The molecule has 0 aliphatic carbocycles. The Morgan fingerprint density at radius 1 is 1.06 bits per heavy atom. The molecule has 0 N–H and O–H groups in total. The van der Waals surface area contributed by atoms with Crippen molar-refractivity contribution in [1.29, 1.82) is 0 Å². The van der Waals surface area contributed by atoms with Crippen molar-refractivity contribution in [3.05, 3.63) is 64.7 Å². The van der Waals surface area contributed by atoms with Crippen molar-refractivity contribution in [2.75, 3.05) is 0 Å². The number of benzene rings is 2. The summed E-state index contributed by atoms with van der Waals surface area (Å²) < 4.78 is 0. The highest BCUT2D eigenvalue weighted by Crippen LogP contribution is 2.22. The van der Waals surface area contributed by atoms with Gasteiger partial charge in [0.2, 0.25) is 0 Å². The van der Waals surface area contributed by atoms with Gasteiger partial charge >= 0.3 is 0 Å². The van der Waals surface area contributed by atoms with Crippen LogP contribution in [0.3, 0.4) is 0 Å². The van der Waals surface area contributed by atoms with Crippen molar-refractivity contribution >= 4 is 30.0 Å². The fourth-order valence-electron chi connectivity index (χ4n) is 1.43. The van der Waals surface area contributed by atoms with Gasteiger partial charge in [-0.2, -0.15) is 0 Å². The van der Waals surface area contributed by atoms with E-state index in [1.807, 2.05) is 18.2 Å². The minimum atomic E-state index is -0.0828. The van der Waals surface area contributed by atoms with Crippen LogP contribution in [0.4, 0.5) is 0 Å². The molecule has 2 rings (SSSR count). The van der Waals surface area contributed by atoms with Crippen molar-refractivity contribution in [3.63, 3.8) is 0 Å². The zero-order valence-corrected chi connectivity index (χ0v) is 9.89. The van der Waals surface area contributed by atoms with Crippen molar-refractivity contribution in [2.24, 2.45) is 0 Å². The molecule has 2 aromatic rings. The lowest BCUT2D eigenvalue weighted by molar-refractivity contribution is 0.103. The highest BCUT2D eigenvalue weighted by atomic mass is 35.5. The summed E-state index contributed by atoms with van der Waals surface area (Å²) in [6.45, 7) is 0. The lowest BCUT2D eigenvalue weighted by atomic mass is 10.0. The van der Waals surface area contributed by atoms with Gasteiger partial charge in [-0.3, -0.25) is 4.79 Å². The van der Waals surface area contributed by atoms with E-state index in [1.165, 1.54) is 0 Å². The molecular formula is C13H8ClOS. The lowest BCUT2D eigenvalue weighted by Crippen LogP contribution is -2.01. The second-order valence-corrected chi connectivity index (χ2v) is 4.22. The van der Waals surface area contributed by atoms with Crippen LogP contribution in [0.15, 0.2) is 53.4 Å². The minimum Gasteiger partial charge on any atom is -0.289 e. The normalized spacial score (nSPS) is 10.1. The van der Waals surface area contributed by atoms with E-state index >= 15 is 0 Å². The molecule has 0 unspecified atom stereocenters. The topological polar surface area (TPSA) is 17.1 Å². The third kappa shape index (κ3) is 2.23. The Bertz CT molecular complexity index is 523. The Kier molecular flexibility index (Phi) is 3.22. The first-order valence-electron chi connectivity index (χ1n) is 4.75. The molecule has 3 heteroatoms. The highest BCUT2D eigenvalue weighted by Gasteiger charge is 2.12. The summed E-state index contributed by atoms with van der Waals surface area (Å²) in [7, 11) is 0. The van der Waals surface area contributed by atoms with E-state index in [2.05, 4.69) is 0 Å². The number of carbonyl (C=O) groups excluding carboxylic acids is 1. The van der Waals surface area contributed by atoms with Crippen LogP contribution in [0.5, 0.6) is 0 Å². The van der Waals surface area contributed by atoms with E-state index < -0.39 is 0 Å². The summed E-state index contributed by atoms with van der Waals surface area (Å²) >= 11 is 11.0. The number of ketones is 1. The van der Waals surface area contributed by atoms with Crippen LogP contribution in [-0.2, 0) is 0 Å². The Morgan fingerprint density at radius 3 is 2.38 bits per heavy atom. The molecule has 2 aromatic carbocycles. The van der Waals surface area contributed by atoms with Crippen LogP contribution < -0.4 is 0 Å². The molecule has 16 heavy (non-hydrogen) atoms. The zero-order chi connectivity index (χ0) is 11.5. The van der Waals surface area contributed by atoms with Crippen molar-refractivity contribution in [2.45, 2.75) is 4.90 Å². The molecule has 0 aromatic heterocycles. The molecular weight excluding hydrogens is 240 g/mol. The van der Waals surface area contributed by atoms with Crippen LogP contribution in [0, 0.1) is 0 Å². The molecule has 1 nitrogen and oxygen atoms in total. The molecule has 0 atom stereocenters. The summed E-state index contributed by atoms with van der Waals surface area (Å²) in [5, 5.41) is 0.404. The van der Waals surface area contributed by atoms with E-state index in [4.69, 9.17) is 24.2 Å². The van der Waals surface area contributed by atoms with Gasteiger partial charge in [0.15, 0.2) is 5.78 Å². The highest BCUT2D eigenvalue weighted by molar-refractivity contribution is 7.80. The number of halogens is 1. The van der Waals surface area contributed by atoms with Gasteiger partial charge in [0.1, 0.15) is 0 Å². The van der Waals surface area contributed by atoms with Crippen LogP contribution in [-0.4, -0.2) is 5.78 Å². The van der Waals surface area contributed by atoms with Crippen molar-refractivity contribution in [1.82, 2.24) is 0 Å². The summed E-state index contributed by atoms with van der Waals surface area (Å²) in [5.41, 5.74) is 1.11. The number of carbonyl (C=O) groups is 1. The van der Waals surface area contributed by atoms with Gasteiger partial charge in [0.05, 0.1) is 5.02 Å². The largest absolute Gasteiger partial charge is 0.289 e. The van der Waals surface area contributed by atoms with E-state index in [0.717, 1.165) is 0 Å². The molecule has 0 heterocycles. The van der Waals surface area contributed by atoms with Crippen LogP contribution >= 0.6 is 24.2 Å². The predicted octanol–water partition coefficient (Wildman–Crippen LogP) is 4.13. The predicted molar refractivity (Wildman–Crippen MR) is 67.2 cm³/mol. The Balaban J connectivity index is 2.42. The molecule has 0 aliphatic rings.